The maximum atomic E-state index is 14.1. The third-order valence-electron chi connectivity index (χ3n) is 5.83. The molecular formula is C22H37FN6. The second-order valence-corrected chi connectivity index (χ2v) is 8.33. The number of likely N-dealkylation sites (N-methyl/N-ethyl adjacent to an activating group) is 1. The first-order valence-electron chi connectivity index (χ1n) is 11.0. The van der Waals surface area contributed by atoms with Gasteiger partial charge in [-0.2, -0.15) is 0 Å². The van der Waals surface area contributed by atoms with Crippen LogP contribution in [0, 0.1) is 11.7 Å². The summed E-state index contributed by atoms with van der Waals surface area (Å²) in [6.45, 7) is 15.2. The third-order valence-corrected chi connectivity index (χ3v) is 5.83. The highest BCUT2D eigenvalue weighted by Crippen LogP contribution is 2.20. The smallest absolute Gasteiger partial charge is 0.194 e. The number of guanidine groups is 1. The van der Waals surface area contributed by atoms with Crippen molar-refractivity contribution in [1.82, 2.24) is 20.0 Å². The van der Waals surface area contributed by atoms with E-state index in [0.29, 0.717) is 11.6 Å². The first-order chi connectivity index (χ1) is 14.1. The number of anilines is 1. The number of benzene rings is 1. The summed E-state index contributed by atoms with van der Waals surface area (Å²) in [4.78, 5) is 14.3. The van der Waals surface area contributed by atoms with Crippen molar-refractivity contribution in [3.8, 4) is 0 Å². The predicted molar refractivity (Wildman–Crippen MR) is 119 cm³/mol. The molecule has 0 aliphatic carbocycles. The minimum Gasteiger partial charge on any atom is -0.366 e. The number of nitrogens with one attached hydrogen (secondary N) is 1. The molecule has 1 aromatic carbocycles. The van der Waals surface area contributed by atoms with Crippen LogP contribution in [0.15, 0.2) is 29.3 Å². The highest BCUT2D eigenvalue weighted by molar-refractivity contribution is 5.80. The minimum atomic E-state index is -0.140. The Morgan fingerprint density at radius 3 is 2.41 bits per heavy atom. The lowest BCUT2D eigenvalue weighted by atomic mass is 10.1. The van der Waals surface area contributed by atoms with Crippen molar-refractivity contribution in [3.05, 3.63) is 30.1 Å². The average molecular weight is 405 g/mol. The van der Waals surface area contributed by atoms with Crippen LogP contribution < -0.4 is 10.2 Å². The van der Waals surface area contributed by atoms with Crippen LogP contribution in [0.5, 0.6) is 0 Å². The van der Waals surface area contributed by atoms with E-state index < -0.39 is 0 Å². The summed E-state index contributed by atoms with van der Waals surface area (Å²) in [6.07, 6.45) is 0. The van der Waals surface area contributed by atoms with Crippen LogP contribution in [-0.2, 0) is 0 Å². The van der Waals surface area contributed by atoms with Gasteiger partial charge in [0.15, 0.2) is 5.96 Å². The Labute approximate surface area is 175 Å². The minimum absolute atomic E-state index is 0.140. The molecule has 1 atom stereocenters. The molecule has 0 saturated carbocycles. The van der Waals surface area contributed by atoms with Gasteiger partial charge in [-0.05, 0) is 32.0 Å². The fourth-order valence-corrected chi connectivity index (χ4v) is 4.06. The Morgan fingerprint density at radius 2 is 1.76 bits per heavy atom. The van der Waals surface area contributed by atoms with Crippen LogP contribution in [0.4, 0.5) is 10.1 Å². The van der Waals surface area contributed by atoms with E-state index in [1.165, 1.54) is 6.07 Å². The van der Waals surface area contributed by atoms with Gasteiger partial charge in [-0.15, -0.1) is 0 Å². The van der Waals surface area contributed by atoms with Gasteiger partial charge >= 0.3 is 0 Å². The Kier molecular flexibility index (Phi) is 8.12. The van der Waals surface area contributed by atoms with Crippen LogP contribution in [0.25, 0.3) is 0 Å². The van der Waals surface area contributed by atoms with Gasteiger partial charge in [-0.1, -0.05) is 19.1 Å². The van der Waals surface area contributed by atoms with Crippen molar-refractivity contribution in [2.24, 2.45) is 10.9 Å². The van der Waals surface area contributed by atoms with Crippen molar-refractivity contribution in [2.75, 3.05) is 83.9 Å². The second kappa shape index (κ2) is 10.8. The van der Waals surface area contributed by atoms with Gasteiger partial charge in [0.05, 0.1) is 5.69 Å². The quantitative estimate of drug-likeness (QED) is 0.578. The number of piperazine rings is 2. The molecule has 1 unspecified atom stereocenters. The molecule has 2 aliphatic heterocycles. The summed E-state index contributed by atoms with van der Waals surface area (Å²) in [6, 6.07) is 7.05. The zero-order chi connectivity index (χ0) is 20.6. The monoisotopic (exact) mass is 404 g/mol. The normalized spacial score (nSPS) is 20.8. The third kappa shape index (κ3) is 6.31. The van der Waals surface area contributed by atoms with Gasteiger partial charge in [0, 0.05) is 72.0 Å². The fourth-order valence-electron chi connectivity index (χ4n) is 4.06. The second-order valence-electron chi connectivity index (χ2n) is 8.33. The zero-order valence-corrected chi connectivity index (χ0v) is 18.3. The van der Waals surface area contributed by atoms with Crippen LogP contribution in [-0.4, -0.2) is 99.7 Å². The highest BCUT2D eigenvalue weighted by Gasteiger charge is 2.22. The maximum Gasteiger partial charge on any atom is 0.194 e. The summed E-state index contributed by atoms with van der Waals surface area (Å²) in [5.41, 5.74) is 0.704. The van der Waals surface area contributed by atoms with Crippen LogP contribution >= 0.6 is 0 Å². The van der Waals surface area contributed by atoms with Crippen molar-refractivity contribution in [3.63, 3.8) is 0 Å². The topological polar surface area (TPSA) is 37.4 Å². The van der Waals surface area contributed by atoms with Crippen molar-refractivity contribution in [2.45, 2.75) is 13.8 Å². The Balaban J connectivity index is 1.51. The van der Waals surface area contributed by atoms with Gasteiger partial charge in [-0.25, -0.2) is 4.39 Å². The number of hydrogen-bond acceptors (Lipinski definition) is 4. The molecule has 0 aromatic heterocycles. The molecule has 2 aliphatic rings. The van der Waals surface area contributed by atoms with E-state index in [2.05, 4.69) is 45.8 Å². The standard InChI is InChI=1S/C22H37FN6/c1-4-24-22(25-17-19(2)18-27-11-9-26(3)10-12-27)29-15-13-28(14-16-29)21-8-6-5-7-20(21)23/h5-8,19H,4,9-18H2,1-3H3,(H,24,25). The molecule has 2 heterocycles. The largest absolute Gasteiger partial charge is 0.366 e. The number of halogens is 1. The molecule has 1 N–H and O–H groups in total. The van der Waals surface area contributed by atoms with Gasteiger partial charge in [0.1, 0.15) is 5.82 Å². The van der Waals surface area contributed by atoms with Gasteiger partial charge in [0.2, 0.25) is 0 Å². The van der Waals surface area contributed by atoms with E-state index >= 15 is 0 Å². The van der Waals surface area contributed by atoms with E-state index in [1.54, 1.807) is 6.07 Å². The lowest BCUT2D eigenvalue weighted by Gasteiger charge is -2.38. The first kappa shape index (κ1) is 21.8. The predicted octanol–water partition coefficient (Wildman–Crippen LogP) is 1.80. The van der Waals surface area contributed by atoms with Crippen LogP contribution in [0.1, 0.15) is 13.8 Å². The summed E-state index contributed by atoms with van der Waals surface area (Å²) in [7, 11) is 2.19. The number of aliphatic imine (C=N–C) groups is 1. The van der Waals surface area contributed by atoms with Crippen molar-refractivity contribution < 1.29 is 4.39 Å². The number of nitrogens with zero attached hydrogens (tertiary/aromatic N) is 5. The van der Waals surface area contributed by atoms with E-state index in [9.17, 15) is 4.39 Å². The fraction of sp³-hybridized carbons (Fsp3) is 0.682. The molecule has 0 bridgehead atoms. The zero-order valence-electron chi connectivity index (χ0n) is 18.3. The number of rotatable bonds is 6. The number of hydrogen-bond donors (Lipinski definition) is 1. The van der Waals surface area contributed by atoms with Crippen LogP contribution in [0.2, 0.25) is 0 Å². The SMILES string of the molecule is CCNC(=NCC(C)CN1CCN(C)CC1)N1CCN(c2ccccc2F)CC1. The van der Waals surface area contributed by atoms with Gasteiger partial charge < -0.3 is 24.9 Å². The number of para-hydroxylation sites is 1. The summed E-state index contributed by atoms with van der Waals surface area (Å²) >= 11 is 0. The Bertz CT molecular complexity index is 650. The molecule has 7 heteroatoms. The molecule has 3 rings (SSSR count). The summed E-state index contributed by atoms with van der Waals surface area (Å²) in [5, 5.41) is 3.45. The molecule has 2 saturated heterocycles. The molecule has 162 valence electrons. The molecule has 29 heavy (non-hydrogen) atoms. The maximum absolute atomic E-state index is 14.1. The first-order valence-corrected chi connectivity index (χ1v) is 11.0. The lowest BCUT2D eigenvalue weighted by Crippen LogP contribution is -2.53. The van der Waals surface area contributed by atoms with E-state index in [4.69, 9.17) is 4.99 Å². The molecule has 6 nitrogen and oxygen atoms in total. The van der Waals surface area contributed by atoms with Gasteiger partial charge in [-0.3, -0.25) is 4.99 Å². The van der Waals surface area contributed by atoms with E-state index in [-0.39, 0.29) is 5.82 Å². The summed E-state index contributed by atoms with van der Waals surface area (Å²) in [5.74, 6) is 1.39. The van der Waals surface area contributed by atoms with Crippen molar-refractivity contribution in [1.29, 1.82) is 0 Å². The highest BCUT2D eigenvalue weighted by atomic mass is 19.1. The molecule has 0 spiro atoms. The Morgan fingerprint density at radius 1 is 1.07 bits per heavy atom. The lowest BCUT2D eigenvalue weighted by molar-refractivity contribution is 0.140. The van der Waals surface area contributed by atoms with Crippen LogP contribution in [0.3, 0.4) is 0 Å². The Hall–Kier alpha value is -1.86. The summed E-state index contributed by atoms with van der Waals surface area (Å²) < 4.78 is 14.1. The molecule has 0 amide bonds. The molecule has 2 fully saturated rings. The molecule has 0 radical (unpaired) electrons. The van der Waals surface area contributed by atoms with E-state index in [1.807, 2.05) is 12.1 Å². The van der Waals surface area contributed by atoms with Gasteiger partial charge in [0.25, 0.3) is 0 Å². The van der Waals surface area contributed by atoms with E-state index in [0.717, 1.165) is 78.0 Å². The van der Waals surface area contributed by atoms with Crippen molar-refractivity contribution >= 4 is 11.6 Å². The molecule has 1 aromatic rings. The average Bonchev–Trinajstić information content (AvgIpc) is 2.73. The molecular weight excluding hydrogens is 367 g/mol.